The number of aromatic nitrogens is 1. The molecule has 0 spiro atoms. The van der Waals surface area contributed by atoms with Crippen LogP contribution in [0.1, 0.15) is 5.56 Å². The highest BCUT2D eigenvalue weighted by Crippen LogP contribution is 2.32. The van der Waals surface area contributed by atoms with E-state index in [2.05, 4.69) is 20.9 Å². The molecular formula is C14H8BrNO4. The van der Waals surface area contributed by atoms with Gasteiger partial charge >= 0.3 is 0 Å². The number of aliphatic hydroxyl groups excluding tert-OH is 2. The number of allylic oxidation sites excluding steroid dienone is 2. The van der Waals surface area contributed by atoms with Crippen LogP contribution in [0.3, 0.4) is 0 Å². The summed E-state index contributed by atoms with van der Waals surface area (Å²) in [6.07, 6.45) is 2.24. The average molecular weight is 334 g/mol. The first-order chi connectivity index (χ1) is 9.49. The van der Waals surface area contributed by atoms with Crippen LogP contribution in [-0.4, -0.2) is 26.8 Å². The van der Waals surface area contributed by atoms with Gasteiger partial charge in [0.2, 0.25) is 11.6 Å². The van der Waals surface area contributed by atoms with E-state index in [0.29, 0.717) is 17.0 Å². The summed E-state index contributed by atoms with van der Waals surface area (Å²) in [6.45, 7) is 0. The summed E-state index contributed by atoms with van der Waals surface area (Å²) >= 11 is 3.33. The van der Waals surface area contributed by atoms with Gasteiger partial charge in [0.25, 0.3) is 0 Å². The van der Waals surface area contributed by atoms with Crippen molar-refractivity contribution in [2.45, 2.75) is 0 Å². The molecule has 1 aliphatic rings. The number of carbonyl (C=O) groups excluding carboxylic acids is 2. The molecule has 0 saturated carbocycles. The number of aromatic amines is 1. The van der Waals surface area contributed by atoms with Gasteiger partial charge in [-0.25, -0.2) is 0 Å². The quantitative estimate of drug-likeness (QED) is 0.700. The lowest BCUT2D eigenvalue weighted by molar-refractivity contribution is -0.117. The molecule has 2 aromatic rings. The van der Waals surface area contributed by atoms with Crippen molar-refractivity contribution in [1.29, 1.82) is 0 Å². The highest BCUT2D eigenvalue weighted by atomic mass is 79.9. The van der Waals surface area contributed by atoms with E-state index < -0.39 is 23.1 Å². The molecule has 1 heterocycles. The van der Waals surface area contributed by atoms with Crippen molar-refractivity contribution in [3.05, 3.63) is 52.0 Å². The Morgan fingerprint density at radius 3 is 2.65 bits per heavy atom. The molecule has 5 nitrogen and oxygen atoms in total. The van der Waals surface area contributed by atoms with Crippen molar-refractivity contribution in [2.75, 3.05) is 0 Å². The van der Waals surface area contributed by atoms with Gasteiger partial charge in [0.1, 0.15) is 0 Å². The molecule has 0 radical (unpaired) electrons. The predicted octanol–water partition coefficient (Wildman–Crippen LogP) is 2.79. The molecule has 0 fully saturated rings. The first-order valence-electron chi connectivity index (χ1n) is 5.69. The van der Waals surface area contributed by atoms with Crippen molar-refractivity contribution >= 4 is 44.0 Å². The van der Waals surface area contributed by atoms with Gasteiger partial charge in [0.05, 0.1) is 5.57 Å². The fourth-order valence-corrected chi connectivity index (χ4v) is 2.53. The molecule has 3 rings (SSSR count). The van der Waals surface area contributed by atoms with E-state index >= 15 is 0 Å². The second kappa shape index (κ2) is 4.35. The van der Waals surface area contributed by atoms with Gasteiger partial charge in [-0.3, -0.25) is 9.59 Å². The molecule has 3 N–H and O–H groups in total. The highest BCUT2D eigenvalue weighted by molar-refractivity contribution is 9.10. The number of carbonyl (C=O) groups is 2. The molecule has 0 aliphatic heterocycles. The zero-order chi connectivity index (χ0) is 14.4. The number of Topliss-reactive ketones (excluding diaryl/α,β-unsaturated/α-hetero) is 1. The maximum atomic E-state index is 12.0. The van der Waals surface area contributed by atoms with Gasteiger partial charge in [-0.05, 0) is 12.1 Å². The number of nitrogens with one attached hydrogen (secondary N) is 1. The first-order valence-corrected chi connectivity index (χ1v) is 6.48. The summed E-state index contributed by atoms with van der Waals surface area (Å²) in [6, 6.07) is 5.34. The van der Waals surface area contributed by atoms with Crippen molar-refractivity contribution in [1.82, 2.24) is 4.98 Å². The van der Waals surface area contributed by atoms with Gasteiger partial charge < -0.3 is 15.2 Å². The second-order valence-electron chi connectivity index (χ2n) is 4.34. The Hall–Kier alpha value is -2.34. The molecule has 100 valence electrons. The third-order valence-electron chi connectivity index (χ3n) is 3.11. The van der Waals surface area contributed by atoms with Crippen LogP contribution in [0.5, 0.6) is 0 Å². The van der Waals surface area contributed by atoms with Crippen molar-refractivity contribution in [3.8, 4) is 0 Å². The van der Waals surface area contributed by atoms with Gasteiger partial charge in [-0.1, -0.05) is 22.0 Å². The third kappa shape index (κ3) is 1.77. The lowest BCUT2D eigenvalue weighted by atomic mass is 9.93. The molecule has 1 aromatic heterocycles. The molecular weight excluding hydrogens is 326 g/mol. The Bertz CT molecular complexity index is 829. The summed E-state index contributed by atoms with van der Waals surface area (Å²) in [4.78, 5) is 26.5. The summed E-state index contributed by atoms with van der Waals surface area (Å²) in [7, 11) is 0. The molecule has 1 aliphatic carbocycles. The molecule has 1 aromatic carbocycles. The van der Waals surface area contributed by atoms with Crippen LogP contribution in [0.4, 0.5) is 0 Å². The lowest BCUT2D eigenvalue weighted by Crippen LogP contribution is -2.18. The van der Waals surface area contributed by atoms with Crippen LogP contribution in [0, 0.1) is 0 Å². The Labute approximate surface area is 121 Å². The standard InChI is InChI=1S/C14H8BrNO4/c15-6-1-2-7-8(5-16-9(7)3-6)12-13(19)10(17)4-11(18)14(12)20/h1-5,16-17,20H. The van der Waals surface area contributed by atoms with Crippen LogP contribution < -0.4 is 0 Å². The van der Waals surface area contributed by atoms with Crippen molar-refractivity contribution in [3.63, 3.8) is 0 Å². The summed E-state index contributed by atoms with van der Waals surface area (Å²) in [5.41, 5.74) is 0.926. The summed E-state index contributed by atoms with van der Waals surface area (Å²) in [5.74, 6) is -2.89. The molecule has 0 unspecified atom stereocenters. The smallest absolute Gasteiger partial charge is 0.231 e. The third-order valence-corrected chi connectivity index (χ3v) is 3.60. The maximum Gasteiger partial charge on any atom is 0.231 e. The molecule has 0 atom stereocenters. The highest BCUT2D eigenvalue weighted by Gasteiger charge is 2.30. The Kier molecular flexibility index (Phi) is 2.76. The topological polar surface area (TPSA) is 90.4 Å². The normalized spacial score (nSPS) is 15.9. The largest absolute Gasteiger partial charge is 0.504 e. The summed E-state index contributed by atoms with van der Waals surface area (Å²) in [5, 5.41) is 20.0. The number of ketones is 2. The number of hydrogen-bond acceptors (Lipinski definition) is 4. The fourth-order valence-electron chi connectivity index (χ4n) is 2.17. The Balaban J connectivity index is 2.27. The lowest BCUT2D eigenvalue weighted by Gasteiger charge is -2.11. The number of rotatable bonds is 1. The molecule has 0 amide bonds. The number of halogens is 1. The van der Waals surface area contributed by atoms with Gasteiger partial charge in [-0.2, -0.15) is 0 Å². The van der Waals surface area contributed by atoms with Crippen LogP contribution in [0.2, 0.25) is 0 Å². The maximum absolute atomic E-state index is 12.0. The van der Waals surface area contributed by atoms with E-state index in [9.17, 15) is 19.8 Å². The number of H-pyrrole nitrogens is 1. The van der Waals surface area contributed by atoms with Gasteiger partial charge in [0, 0.05) is 33.2 Å². The predicted molar refractivity (Wildman–Crippen MR) is 76.3 cm³/mol. The van der Waals surface area contributed by atoms with Crippen LogP contribution >= 0.6 is 15.9 Å². The van der Waals surface area contributed by atoms with Crippen LogP contribution in [0.15, 0.2) is 46.5 Å². The second-order valence-corrected chi connectivity index (χ2v) is 5.25. The average Bonchev–Trinajstić information content (AvgIpc) is 2.80. The molecule has 0 saturated heterocycles. The van der Waals surface area contributed by atoms with E-state index in [-0.39, 0.29) is 5.57 Å². The van der Waals surface area contributed by atoms with Crippen molar-refractivity contribution in [2.24, 2.45) is 0 Å². The number of benzene rings is 1. The van der Waals surface area contributed by atoms with E-state index in [4.69, 9.17) is 0 Å². The molecule has 6 heteroatoms. The van der Waals surface area contributed by atoms with Crippen LogP contribution in [0.25, 0.3) is 16.5 Å². The molecule has 0 bridgehead atoms. The molecule has 20 heavy (non-hydrogen) atoms. The van der Waals surface area contributed by atoms with Crippen LogP contribution in [-0.2, 0) is 9.59 Å². The van der Waals surface area contributed by atoms with Gasteiger partial charge in [0.15, 0.2) is 11.5 Å². The fraction of sp³-hybridized carbons (Fsp3) is 0. The zero-order valence-corrected chi connectivity index (χ0v) is 11.6. The first kappa shape index (κ1) is 12.7. The van der Waals surface area contributed by atoms with E-state index in [1.807, 2.05) is 0 Å². The minimum absolute atomic E-state index is 0.191. The van der Waals surface area contributed by atoms with E-state index in [0.717, 1.165) is 9.99 Å². The number of aliphatic hydroxyl groups is 2. The zero-order valence-electron chi connectivity index (χ0n) is 9.98. The number of fused-ring (bicyclic) bond motifs is 1. The minimum Gasteiger partial charge on any atom is -0.504 e. The SMILES string of the molecule is O=C1C=C(O)C(=O)C(c2c[nH]c3cc(Br)ccc23)=C1O. The van der Waals surface area contributed by atoms with Gasteiger partial charge in [-0.15, -0.1) is 0 Å². The Morgan fingerprint density at radius 1 is 1.15 bits per heavy atom. The van der Waals surface area contributed by atoms with Crippen molar-refractivity contribution < 1.29 is 19.8 Å². The number of hydrogen-bond donors (Lipinski definition) is 3. The minimum atomic E-state index is -0.788. The monoisotopic (exact) mass is 333 g/mol. The van der Waals surface area contributed by atoms with E-state index in [1.165, 1.54) is 6.20 Å². The Morgan fingerprint density at radius 2 is 1.90 bits per heavy atom. The van der Waals surface area contributed by atoms with E-state index in [1.54, 1.807) is 18.2 Å². The summed E-state index contributed by atoms with van der Waals surface area (Å²) < 4.78 is 0.852.